The minimum absolute atomic E-state index is 0.0923. The Bertz CT molecular complexity index is 469. The zero-order valence-corrected chi connectivity index (χ0v) is 12.1. The molecule has 0 aliphatic carbocycles. The molecule has 4 N–H and O–H groups in total. The van der Waals surface area contributed by atoms with Crippen molar-refractivity contribution in [3.05, 3.63) is 23.8 Å². The van der Waals surface area contributed by atoms with Gasteiger partial charge in [-0.2, -0.15) is 0 Å². The van der Waals surface area contributed by atoms with E-state index in [-0.39, 0.29) is 5.91 Å². The molecule has 110 valence electrons. The van der Waals surface area contributed by atoms with Crippen LogP contribution in [0.2, 0.25) is 0 Å². The number of nitrogen functional groups attached to an aromatic ring is 1. The van der Waals surface area contributed by atoms with Crippen LogP contribution < -0.4 is 16.5 Å². The number of carbonyl (C=O) groups is 1. The van der Waals surface area contributed by atoms with E-state index in [1.807, 2.05) is 13.0 Å². The Labute approximate surface area is 119 Å². The van der Waals surface area contributed by atoms with E-state index in [9.17, 15) is 4.79 Å². The zero-order valence-electron chi connectivity index (χ0n) is 12.1. The average molecular weight is 277 g/mol. The van der Waals surface area contributed by atoms with Crippen LogP contribution in [0.15, 0.2) is 18.2 Å². The van der Waals surface area contributed by atoms with Crippen molar-refractivity contribution in [3.8, 4) is 0 Å². The van der Waals surface area contributed by atoms with E-state index >= 15 is 0 Å². The van der Waals surface area contributed by atoms with Gasteiger partial charge in [0.2, 0.25) is 0 Å². The molecule has 20 heavy (non-hydrogen) atoms. The third-order valence-electron chi connectivity index (χ3n) is 3.43. The van der Waals surface area contributed by atoms with Gasteiger partial charge in [0, 0.05) is 38.3 Å². The van der Waals surface area contributed by atoms with E-state index in [1.165, 1.54) is 0 Å². The summed E-state index contributed by atoms with van der Waals surface area (Å²) in [4.78, 5) is 14.0. The van der Waals surface area contributed by atoms with Crippen LogP contribution in [0.3, 0.4) is 0 Å². The van der Waals surface area contributed by atoms with Crippen molar-refractivity contribution in [2.45, 2.75) is 6.92 Å². The Morgan fingerprint density at radius 3 is 2.60 bits per heavy atom. The predicted molar refractivity (Wildman–Crippen MR) is 81.6 cm³/mol. The molecule has 0 aromatic heterocycles. The quantitative estimate of drug-likeness (QED) is 0.703. The Hall–Kier alpha value is -1.79. The summed E-state index contributed by atoms with van der Waals surface area (Å²) in [5.41, 5.74) is 11.4. The number of nitrogens with two attached hydrogens (primary N) is 1. The fourth-order valence-corrected chi connectivity index (χ4v) is 2.16. The van der Waals surface area contributed by atoms with E-state index in [2.05, 4.69) is 27.7 Å². The molecule has 1 aromatic rings. The molecule has 0 atom stereocenters. The summed E-state index contributed by atoms with van der Waals surface area (Å²) in [6.07, 6.45) is 0. The number of rotatable bonds is 4. The normalized spacial score (nSPS) is 16.9. The number of nitrogens with zero attached hydrogens (tertiary/aromatic N) is 2. The number of amides is 1. The first-order valence-corrected chi connectivity index (χ1v) is 6.98. The summed E-state index contributed by atoms with van der Waals surface area (Å²) < 4.78 is 0. The molecule has 1 heterocycles. The number of hydrogen-bond donors (Lipinski definition) is 3. The summed E-state index contributed by atoms with van der Waals surface area (Å²) in [6, 6.07) is 5.36. The van der Waals surface area contributed by atoms with Gasteiger partial charge < -0.3 is 21.4 Å². The second-order valence-corrected chi connectivity index (χ2v) is 5.06. The first-order chi connectivity index (χ1) is 9.60. The maximum atomic E-state index is 11.7. The highest BCUT2D eigenvalue weighted by Crippen LogP contribution is 2.21. The van der Waals surface area contributed by atoms with E-state index in [4.69, 9.17) is 5.73 Å². The first kappa shape index (κ1) is 14.6. The van der Waals surface area contributed by atoms with Crippen LogP contribution in [0.25, 0.3) is 0 Å². The minimum atomic E-state index is -0.0923. The topological polar surface area (TPSA) is 73.6 Å². The van der Waals surface area contributed by atoms with Crippen molar-refractivity contribution < 1.29 is 4.79 Å². The summed E-state index contributed by atoms with van der Waals surface area (Å²) in [7, 11) is 2.12. The minimum Gasteiger partial charge on any atom is -0.397 e. The molecule has 1 amide bonds. The molecule has 0 radical (unpaired) electrons. The van der Waals surface area contributed by atoms with Crippen molar-refractivity contribution in [2.75, 3.05) is 50.9 Å². The number of piperazine rings is 1. The SMILES string of the molecule is CCNC(=O)c1ccc(NN2CCN(C)CC2)c(N)c1. The molecule has 6 heteroatoms. The number of benzene rings is 1. The van der Waals surface area contributed by atoms with E-state index in [1.54, 1.807) is 12.1 Å². The fourth-order valence-electron chi connectivity index (χ4n) is 2.16. The number of likely N-dealkylation sites (N-methyl/N-ethyl adjacent to an activating group) is 1. The van der Waals surface area contributed by atoms with Crippen molar-refractivity contribution in [1.82, 2.24) is 15.2 Å². The Balaban J connectivity index is 2.00. The third kappa shape index (κ3) is 3.61. The lowest BCUT2D eigenvalue weighted by molar-refractivity contribution is 0.0956. The lowest BCUT2D eigenvalue weighted by Gasteiger charge is -2.33. The van der Waals surface area contributed by atoms with Gasteiger partial charge in [0.05, 0.1) is 11.4 Å². The first-order valence-electron chi connectivity index (χ1n) is 6.98. The maximum absolute atomic E-state index is 11.7. The molecule has 1 aromatic carbocycles. The molecule has 1 fully saturated rings. The van der Waals surface area contributed by atoms with Gasteiger partial charge in [-0.05, 0) is 32.2 Å². The molecule has 1 saturated heterocycles. The van der Waals surface area contributed by atoms with Gasteiger partial charge >= 0.3 is 0 Å². The van der Waals surface area contributed by atoms with Gasteiger partial charge in [-0.15, -0.1) is 0 Å². The summed E-state index contributed by atoms with van der Waals surface area (Å²) >= 11 is 0. The lowest BCUT2D eigenvalue weighted by atomic mass is 10.1. The van der Waals surface area contributed by atoms with Gasteiger partial charge in [0.1, 0.15) is 0 Å². The van der Waals surface area contributed by atoms with Gasteiger partial charge in [-0.1, -0.05) is 0 Å². The number of hydrazine groups is 1. The molecule has 0 saturated carbocycles. The standard InChI is InChI=1S/C14H23N5O/c1-3-16-14(20)11-4-5-13(12(15)10-11)17-19-8-6-18(2)7-9-19/h4-5,10,17H,3,6-9,15H2,1-2H3,(H,16,20). The average Bonchev–Trinajstić information content (AvgIpc) is 2.43. The predicted octanol–water partition coefficient (Wildman–Crippen LogP) is 0.593. The fraction of sp³-hybridized carbons (Fsp3) is 0.500. The highest BCUT2D eigenvalue weighted by atomic mass is 16.1. The Morgan fingerprint density at radius 2 is 2.00 bits per heavy atom. The number of hydrogen-bond acceptors (Lipinski definition) is 5. The van der Waals surface area contributed by atoms with Crippen LogP contribution in [0.4, 0.5) is 11.4 Å². The van der Waals surface area contributed by atoms with Gasteiger partial charge in [-0.3, -0.25) is 4.79 Å². The Kier molecular flexibility index (Phi) is 4.81. The highest BCUT2D eigenvalue weighted by molar-refractivity contribution is 5.96. The second kappa shape index (κ2) is 6.58. The van der Waals surface area contributed by atoms with Crippen molar-refractivity contribution in [3.63, 3.8) is 0 Å². The largest absolute Gasteiger partial charge is 0.397 e. The lowest BCUT2D eigenvalue weighted by Crippen LogP contribution is -2.47. The van der Waals surface area contributed by atoms with Crippen LogP contribution in [-0.2, 0) is 0 Å². The molecule has 0 bridgehead atoms. The zero-order chi connectivity index (χ0) is 14.5. The molecular formula is C14H23N5O. The smallest absolute Gasteiger partial charge is 0.251 e. The summed E-state index contributed by atoms with van der Waals surface area (Å²) in [5.74, 6) is -0.0923. The van der Waals surface area contributed by atoms with Crippen LogP contribution >= 0.6 is 0 Å². The molecule has 6 nitrogen and oxygen atoms in total. The Morgan fingerprint density at radius 1 is 1.30 bits per heavy atom. The number of carbonyl (C=O) groups excluding carboxylic acids is 1. The molecule has 0 spiro atoms. The molecule has 2 rings (SSSR count). The third-order valence-corrected chi connectivity index (χ3v) is 3.43. The molecule has 0 unspecified atom stereocenters. The second-order valence-electron chi connectivity index (χ2n) is 5.06. The molecule has 1 aliphatic heterocycles. The summed E-state index contributed by atoms with van der Waals surface area (Å²) in [5, 5.41) is 4.91. The van der Waals surface area contributed by atoms with Crippen molar-refractivity contribution in [2.24, 2.45) is 0 Å². The van der Waals surface area contributed by atoms with Crippen molar-refractivity contribution in [1.29, 1.82) is 0 Å². The van der Waals surface area contributed by atoms with Crippen LogP contribution in [0, 0.1) is 0 Å². The van der Waals surface area contributed by atoms with E-state index < -0.39 is 0 Å². The van der Waals surface area contributed by atoms with Crippen LogP contribution in [-0.4, -0.2) is 55.6 Å². The maximum Gasteiger partial charge on any atom is 0.251 e. The van der Waals surface area contributed by atoms with Crippen LogP contribution in [0.5, 0.6) is 0 Å². The number of anilines is 2. The highest BCUT2D eigenvalue weighted by Gasteiger charge is 2.15. The molecular weight excluding hydrogens is 254 g/mol. The van der Waals surface area contributed by atoms with Gasteiger partial charge in [-0.25, -0.2) is 5.01 Å². The monoisotopic (exact) mass is 277 g/mol. The van der Waals surface area contributed by atoms with E-state index in [0.29, 0.717) is 17.8 Å². The van der Waals surface area contributed by atoms with E-state index in [0.717, 1.165) is 31.9 Å². The number of nitrogens with one attached hydrogen (secondary N) is 2. The summed E-state index contributed by atoms with van der Waals surface area (Å²) in [6.45, 7) is 6.47. The van der Waals surface area contributed by atoms with Crippen molar-refractivity contribution >= 4 is 17.3 Å². The van der Waals surface area contributed by atoms with Gasteiger partial charge in [0.15, 0.2) is 0 Å². The van der Waals surface area contributed by atoms with Gasteiger partial charge in [0.25, 0.3) is 5.91 Å². The molecule has 1 aliphatic rings. The van der Waals surface area contributed by atoms with Crippen LogP contribution in [0.1, 0.15) is 17.3 Å².